The maximum atomic E-state index is 12.0. The summed E-state index contributed by atoms with van der Waals surface area (Å²) >= 11 is 1.83. The average Bonchev–Trinajstić information content (AvgIpc) is 2.98. The van der Waals surface area contributed by atoms with Crippen LogP contribution in [0, 0.1) is 0 Å². The highest BCUT2D eigenvalue weighted by molar-refractivity contribution is 7.99. The summed E-state index contributed by atoms with van der Waals surface area (Å²) in [5.41, 5.74) is 1.27. The van der Waals surface area contributed by atoms with Crippen molar-refractivity contribution in [2.24, 2.45) is 0 Å². The van der Waals surface area contributed by atoms with E-state index in [2.05, 4.69) is 28.8 Å². The number of thioether (sulfide) groups is 1. The second kappa shape index (κ2) is 4.70. The van der Waals surface area contributed by atoms with E-state index in [1.807, 2.05) is 17.8 Å². The molecule has 0 spiro atoms. The first-order valence-electron chi connectivity index (χ1n) is 6.10. The summed E-state index contributed by atoms with van der Waals surface area (Å²) in [4.78, 5) is 13.3. The van der Waals surface area contributed by atoms with Crippen molar-refractivity contribution in [2.75, 3.05) is 12.3 Å². The lowest BCUT2D eigenvalue weighted by molar-refractivity contribution is -0.123. The maximum absolute atomic E-state index is 12.0. The number of fused-ring (bicyclic) bond motifs is 1. The molecular formula is C13H16N2OS. The molecule has 1 aromatic rings. The molecule has 0 aromatic heterocycles. The fourth-order valence-electron chi connectivity index (χ4n) is 2.46. The van der Waals surface area contributed by atoms with Crippen LogP contribution in [0.1, 0.15) is 24.4 Å². The number of amides is 1. The van der Waals surface area contributed by atoms with Gasteiger partial charge in [0.25, 0.3) is 0 Å². The molecule has 90 valence electrons. The van der Waals surface area contributed by atoms with Crippen molar-refractivity contribution in [3.63, 3.8) is 0 Å². The number of hydrogen-bond donors (Lipinski definition) is 2. The highest BCUT2D eigenvalue weighted by Crippen LogP contribution is 2.37. The normalized spacial score (nSPS) is 26.8. The summed E-state index contributed by atoms with van der Waals surface area (Å²) in [7, 11) is 0. The number of hydrogen-bond acceptors (Lipinski definition) is 3. The van der Waals surface area contributed by atoms with Crippen molar-refractivity contribution >= 4 is 17.7 Å². The van der Waals surface area contributed by atoms with Crippen LogP contribution < -0.4 is 10.6 Å². The van der Waals surface area contributed by atoms with E-state index in [0.29, 0.717) is 0 Å². The fourth-order valence-corrected chi connectivity index (χ4v) is 3.62. The number of benzene rings is 1. The molecule has 0 radical (unpaired) electrons. The van der Waals surface area contributed by atoms with Gasteiger partial charge in [0.2, 0.25) is 5.91 Å². The van der Waals surface area contributed by atoms with E-state index in [0.717, 1.165) is 25.1 Å². The van der Waals surface area contributed by atoms with Crippen LogP contribution in [-0.4, -0.2) is 24.2 Å². The lowest BCUT2D eigenvalue weighted by atomic mass is 10.1. The maximum Gasteiger partial charge on any atom is 0.237 e. The zero-order valence-electron chi connectivity index (χ0n) is 9.61. The Kier molecular flexibility index (Phi) is 3.07. The Morgan fingerprint density at radius 1 is 1.41 bits per heavy atom. The van der Waals surface area contributed by atoms with Crippen LogP contribution in [0.3, 0.4) is 0 Å². The van der Waals surface area contributed by atoms with E-state index in [-0.39, 0.29) is 18.0 Å². The third kappa shape index (κ3) is 2.19. The highest BCUT2D eigenvalue weighted by Gasteiger charge is 2.28. The summed E-state index contributed by atoms with van der Waals surface area (Å²) < 4.78 is 0. The monoisotopic (exact) mass is 248 g/mol. The molecule has 17 heavy (non-hydrogen) atoms. The molecule has 2 aliphatic rings. The lowest BCUT2D eigenvalue weighted by Gasteiger charge is -2.16. The van der Waals surface area contributed by atoms with Crippen molar-refractivity contribution < 1.29 is 4.79 Å². The predicted molar refractivity (Wildman–Crippen MR) is 69.1 cm³/mol. The van der Waals surface area contributed by atoms with Gasteiger partial charge in [-0.2, -0.15) is 0 Å². The first-order chi connectivity index (χ1) is 8.34. The Morgan fingerprint density at radius 3 is 3.12 bits per heavy atom. The van der Waals surface area contributed by atoms with Crippen molar-refractivity contribution in [3.05, 3.63) is 29.8 Å². The first kappa shape index (κ1) is 11.1. The molecule has 1 fully saturated rings. The smallest absolute Gasteiger partial charge is 0.237 e. The Balaban J connectivity index is 1.68. The van der Waals surface area contributed by atoms with E-state index in [1.165, 1.54) is 10.5 Å². The largest absolute Gasteiger partial charge is 0.347 e. The van der Waals surface area contributed by atoms with Gasteiger partial charge in [0, 0.05) is 10.6 Å². The van der Waals surface area contributed by atoms with E-state index in [4.69, 9.17) is 0 Å². The molecule has 1 aromatic carbocycles. The molecule has 0 saturated carbocycles. The number of nitrogens with one attached hydrogen (secondary N) is 2. The molecule has 1 saturated heterocycles. The number of rotatable bonds is 2. The lowest BCUT2D eigenvalue weighted by Crippen LogP contribution is -2.42. The van der Waals surface area contributed by atoms with Crippen LogP contribution in [-0.2, 0) is 4.79 Å². The van der Waals surface area contributed by atoms with E-state index < -0.39 is 0 Å². The molecular weight excluding hydrogens is 232 g/mol. The summed E-state index contributed by atoms with van der Waals surface area (Å²) in [6.45, 7) is 0.966. The van der Waals surface area contributed by atoms with Crippen LogP contribution in [0.15, 0.2) is 29.2 Å². The molecule has 1 amide bonds. The van der Waals surface area contributed by atoms with Gasteiger partial charge in [-0.3, -0.25) is 4.79 Å². The minimum Gasteiger partial charge on any atom is -0.347 e. The third-order valence-electron chi connectivity index (χ3n) is 3.39. The van der Waals surface area contributed by atoms with Crippen molar-refractivity contribution in [3.8, 4) is 0 Å². The molecule has 2 aliphatic heterocycles. The van der Waals surface area contributed by atoms with Crippen LogP contribution in [0.5, 0.6) is 0 Å². The molecule has 3 nitrogen and oxygen atoms in total. The van der Waals surface area contributed by atoms with Gasteiger partial charge in [0.15, 0.2) is 0 Å². The second-order valence-corrected chi connectivity index (χ2v) is 5.62. The molecule has 3 rings (SSSR count). The van der Waals surface area contributed by atoms with Gasteiger partial charge in [-0.05, 0) is 31.0 Å². The van der Waals surface area contributed by atoms with E-state index >= 15 is 0 Å². The Bertz CT molecular complexity index is 429. The minimum atomic E-state index is 0.0211. The van der Waals surface area contributed by atoms with Gasteiger partial charge in [-0.1, -0.05) is 18.2 Å². The van der Waals surface area contributed by atoms with Crippen LogP contribution >= 0.6 is 11.8 Å². The summed E-state index contributed by atoms with van der Waals surface area (Å²) in [6.07, 6.45) is 2.07. The number of carbonyl (C=O) groups is 1. The minimum absolute atomic E-state index is 0.0211. The van der Waals surface area contributed by atoms with Crippen molar-refractivity contribution in [2.45, 2.75) is 29.8 Å². The summed E-state index contributed by atoms with van der Waals surface area (Å²) in [5.74, 6) is 1.11. The molecule has 0 bridgehead atoms. The average molecular weight is 248 g/mol. The topological polar surface area (TPSA) is 41.1 Å². The van der Waals surface area contributed by atoms with Gasteiger partial charge in [-0.15, -0.1) is 11.8 Å². The van der Waals surface area contributed by atoms with Crippen molar-refractivity contribution in [1.82, 2.24) is 10.6 Å². The Hall–Kier alpha value is -1.00. The Morgan fingerprint density at radius 2 is 2.29 bits per heavy atom. The van der Waals surface area contributed by atoms with Gasteiger partial charge >= 0.3 is 0 Å². The van der Waals surface area contributed by atoms with Gasteiger partial charge in [0.05, 0.1) is 12.1 Å². The fraction of sp³-hybridized carbons (Fsp3) is 0.462. The second-order valence-electron chi connectivity index (χ2n) is 4.56. The molecule has 2 unspecified atom stereocenters. The Labute approximate surface area is 105 Å². The first-order valence-corrected chi connectivity index (χ1v) is 7.08. The van der Waals surface area contributed by atoms with Crippen LogP contribution in [0.4, 0.5) is 0 Å². The standard InChI is InChI=1S/C13H16N2OS/c16-13(10-5-3-7-14-10)15-11-8-17-12-6-2-1-4-9(11)12/h1-2,4,6,10-11,14H,3,5,7-8H2,(H,15,16). The third-order valence-corrected chi connectivity index (χ3v) is 4.58. The van der Waals surface area contributed by atoms with Gasteiger partial charge < -0.3 is 10.6 Å². The van der Waals surface area contributed by atoms with Crippen LogP contribution in [0.25, 0.3) is 0 Å². The highest BCUT2D eigenvalue weighted by atomic mass is 32.2. The molecule has 2 atom stereocenters. The molecule has 2 N–H and O–H groups in total. The SMILES string of the molecule is O=C(NC1CSc2ccccc21)C1CCCN1. The van der Waals surface area contributed by atoms with E-state index in [9.17, 15) is 4.79 Å². The predicted octanol–water partition coefficient (Wildman–Crippen LogP) is 1.70. The summed E-state index contributed by atoms with van der Waals surface area (Å²) in [6, 6.07) is 8.54. The zero-order chi connectivity index (χ0) is 11.7. The molecule has 0 aliphatic carbocycles. The van der Waals surface area contributed by atoms with Gasteiger partial charge in [0.1, 0.15) is 0 Å². The van der Waals surface area contributed by atoms with Gasteiger partial charge in [-0.25, -0.2) is 0 Å². The van der Waals surface area contributed by atoms with Crippen molar-refractivity contribution in [1.29, 1.82) is 0 Å². The zero-order valence-corrected chi connectivity index (χ0v) is 10.4. The quantitative estimate of drug-likeness (QED) is 0.837. The summed E-state index contributed by atoms with van der Waals surface area (Å²) in [5, 5.41) is 6.39. The molecule has 4 heteroatoms. The molecule has 2 heterocycles. The number of carbonyl (C=O) groups excluding carboxylic acids is 1. The van der Waals surface area contributed by atoms with E-state index in [1.54, 1.807) is 0 Å². The van der Waals surface area contributed by atoms with Crippen LogP contribution in [0.2, 0.25) is 0 Å².